The monoisotopic (exact) mass is 2060 g/mol. The van der Waals surface area contributed by atoms with Crippen LogP contribution < -0.4 is 33.1 Å². The number of hydrogen-bond donors (Lipinski definition) is 5. The van der Waals surface area contributed by atoms with E-state index in [1.807, 2.05) is 147 Å². The number of carbonyl (C=O) groups is 4. The van der Waals surface area contributed by atoms with Gasteiger partial charge in [-0.05, 0) is 149 Å². The number of aromatic nitrogens is 12. The van der Waals surface area contributed by atoms with Crippen LogP contribution >= 0.6 is 15.3 Å². The van der Waals surface area contributed by atoms with Crippen molar-refractivity contribution >= 4 is 73.1 Å². The smallest absolute Gasteiger partial charge is 0.345 e. The number of carbonyl (C=O) groups excluding carboxylic acids is 4. The quantitative estimate of drug-likeness (QED) is 0.0148. The molecule has 10 heterocycles. The van der Waals surface area contributed by atoms with Crippen molar-refractivity contribution in [2.75, 3.05) is 124 Å². The number of hydrogen-bond acceptors (Lipinski definition) is 27. The van der Waals surface area contributed by atoms with Crippen molar-refractivity contribution in [3.63, 3.8) is 0 Å². The van der Waals surface area contributed by atoms with Gasteiger partial charge in [0.05, 0.1) is 80.5 Å². The topological polar surface area (TPSA) is 437 Å². The Kier molecular flexibility index (Phi) is 31.8. The van der Waals surface area contributed by atoms with E-state index < -0.39 is 130 Å². The van der Waals surface area contributed by atoms with Crippen molar-refractivity contribution in [2.45, 2.75) is 95.0 Å². The Bertz CT molecular complexity index is 7440. The summed E-state index contributed by atoms with van der Waals surface area (Å²) in [5.41, 5.74) is 7.39. The summed E-state index contributed by atoms with van der Waals surface area (Å²) in [6.45, 7) is 7.60. The summed E-state index contributed by atoms with van der Waals surface area (Å²) in [5.74, 6) is -1.87. The summed E-state index contributed by atoms with van der Waals surface area (Å²) in [4.78, 5) is 141. The molecule has 4 saturated heterocycles. The van der Waals surface area contributed by atoms with Gasteiger partial charge in [-0.15, -0.1) is 0 Å². The molecule has 5 N–H and O–H groups in total. The molecule has 39 nitrogen and oxygen atoms in total. The largest absolute Gasteiger partial charge is 0.460 e. The van der Waals surface area contributed by atoms with Crippen molar-refractivity contribution in [1.82, 2.24) is 86.6 Å². The van der Waals surface area contributed by atoms with Gasteiger partial charge >= 0.3 is 38.7 Å². The number of aryl methyl sites for hydroxylation is 4. The molecule has 10 unspecified atom stereocenters. The van der Waals surface area contributed by atoms with E-state index in [4.69, 9.17) is 47.4 Å². The second kappa shape index (κ2) is 45.5. The van der Waals surface area contributed by atoms with Crippen LogP contribution in [0, 0.1) is 34.6 Å². The van der Waals surface area contributed by atoms with E-state index in [9.17, 15) is 43.5 Å². The molecule has 10 atom stereocenters. The van der Waals surface area contributed by atoms with Gasteiger partial charge in [-0.1, -0.05) is 218 Å². The van der Waals surface area contributed by atoms with Crippen molar-refractivity contribution in [1.29, 1.82) is 0 Å². The number of imidazole rings is 2. The Balaban J connectivity index is 0.000000199. The average molecular weight is 2060 g/mol. The third-order valence-electron chi connectivity index (χ3n) is 27.1. The fourth-order valence-corrected chi connectivity index (χ4v) is 23.6. The third-order valence-corrected chi connectivity index (χ3v) is 32.2. The number of benzene rings is 9. The lowest BCUT2D eigenvalue weighted by Gasteiger charge is -2.51. The average Bonchev–Trinajstić information content (AvgIpc) is 0.821. The summed E-state index contributed by atoms with van der Waals surface area (Å²) < 4.78 is 94.4. The van der Waals surface area contributed by atoms with Crippen LogP contribution in [0.15, 0.2) is 312 Å². The molecule has 4 aliphatic heterocycles. The SMILES string of the molecule is Cc1cc(C(=O)OCC(=O)OCC2CN(P(=O)(OCC3CN(C(c4ccccc4)(c4ccccc4)c4ccccc4)CC(n4cnc5c(NC(=O)c6ccccc6)ncnc54)O3)N(C)C)CC(n3cc(C)c(=O)[nH]c3=O)O2)cc(C)c1C.Cc1cn(C2CN(P(=O)(OCC3CN(C(c4ccccc4)(c4ccccc4)c4ccccc4)CC(n4cnc5c(NC(=O)c6ccccc6)ncnc54)O3)N(C)C)CC(CO)O2)c(=O)[nH]c1=O. The first-order chi connectivity index (χ1) is 72.0. The minimum Gasteiger partial charge on any atom is -0.460 e. The highest BCUT2D eigenvalue weighted by Crippen LogP contribution is 2.57. The van der Waals surface area contributed by atoms with Gasteiger partial charge in [0.15, 0.2) is 53.0 Å². The molecule has 0 saturated carbocycles. The number of aliphatic hydroxyl groups is 1. The first-order valence-electron chi connectivity index (χ1n) is 48.6. The third kappa shape index (κ3) is 22.0. The number of esters is 2. The Hall–Kier alpha value is -14.7. The number of nitrogens with one attached hydrogen (secondary N) is 4. The number of fused-ring (bicyclic) bond motifs is 2. The number of anilines is 2. The molecular formula is C108H114N20O19P2. The number of morpholine rings is 4. The lowest BCUT2D eigenvalue weighted by atomic mass is 9.75. The van der Waals surface area contributed by atoms with Gasteiger partial charge < -0.3 is 53.2 Å². The number of nitrogens with zero attached hydrogens (tertiary/aromatic N) is 16. The van der Waals surface area contributed by atoms with Crippen LogP contribution in [-0.2, 0) is 62.5 Å². The standard InChI is InChI=1S/C60H63N10O11P.C48H51N10O8P/c1-39-27-44(28-40(2)42(39)4)58(74)78-36-52(71)77-34-49-31-68(33-51(81-49)69-29-41(3)56(72)65-59(69)75)82(76,66(5)6)79-35-48-30-67(60(45-21-13-8-14-22-45,46-23-15-9-16-24-46)47-25-17-10-18-26-47)32-50(80-48)70-38-63-53-54(61-37-62-55(53)70)64-57(73)43-19-11-7-12-20-43;1-33-24-57(47(62)53-45(33)60)41-28-56(26-38(29-59)65-41)67(63,54(2)3)64-30-39-25-55(48(35-18-10-5-11-19-35,36-20-12-6-13-21-36)37-22-14-7-15-23-37)27-40(66-39)58-32-51-42-43(49-31-50-44(42)58)52-46(61)34-16-8-4-9-17-34/h7-29,37-38,48-51H,30-36H2,1-6H3,(H,65,72,75)(H,61,62,64,73);4-24,31-32,38-41,59H,25-30H2,1-3H3,(H,53,60,62)(H,49,50,52,61). The molecule has 770 valence electrons. The summed E-state index contributed by atoms with van der Waals surface area (Å²) >= 11 is 0. The zero-order chi connectivity index (χ0) is 104. The second-order valence-corrected chi connectivity index (χ2v) is 42.4. The maximum atomic E-state index is 15.9. The minimum atomic E-state index is -4.17. The van der Waals surface area contributed by atoms with Gasteiger partial charge in [0, 0.05) is 73.9 Å². The van der Waals surface area contributed by atoms with E-state index in [1.54, 1.807) is 122 Å². The summed E-state index contributed by atoms with van der Waals surface area (Å²) in [7, 11) is -1.64. The van der Waals surface area contributed by atoms with Crippen molar-refractivity contribution < 1.29 is 70.9 Å². The molecule has 9 aromatic carbocycles. The summed E-state index contributed by atoms with van der Waals surface area (Å²) in [6, 6.07) is 82.2. The molecule has 0 aliphatic carbocycles. The Morgan fingerprint density at radius 3 is 1.08 bits per heavy atom. The fourth-order valence-electron chi connectivity index (χ4n) is 19.6. The number of H-pyrrole nitrogens is 2. The highest BCUT2D eigenvalue weighted by Gasteiger charge is 2.52. The summed E-state index contributed by atoms with van der Waals surface area (Å²) in [6.07, 6.45) is 1.46. The molecule has 0 radical (unpaired) electrons. The lowest BCUT2D eigenvalue weighted by Crippen LogP contribution is -2.57. The first-order valence-corrected chi connectivity index (χ1v) is 51.6. The highest BCUT2D eigenvalue weighted by molar-refractivity contribution is 7.54. The Morgan fingerprint density at radius 2 is 0.732 bits per heavy atom. The van der Waals surface area contributed by atoms with Crippen LogP contribution in [0.4, 0.5) is 11.6 Å². The van der Waals surface area contributed by atoms with Gasteiger partial charge in [0.1, 0.15) is 37.8 Å². The van der Waals surface area contributed by atoms with Crippen molar-refractivity contribution in [3.05, 3.63) is 412 Å². The van der Waals surface area contributed by atoms with E-state index in [2.05, 4.69) is 123 Å². The molecule has 19 rings (SSSR count). The van der Waals surface area contributed by atoms with E-state index in [0.29, 0.717) is 46.5 Å². The normalized spacial score (nSPS) is 19.5. The zero-order valence-electron chi connectivity index (χ0n) is 83.4. The van der Waals surface area contributed by atoms with Crippen molar-refractivity contribution in [3.8, 4) is 0 Å². The first kappa shape index (κ1) is 104. The number of aromatic amines is 2. The molecule has 0 spiro atoms. The Morgan fingerprint density at radius 1 is 0.403 bits per heavy atom. The number of aliphatic hydroxyl groups excluding tert-OH is 1. The molecule has 6 aromatic heterocycles. The molecule has 0 bridgehead atoms. The highest BCUT2D eigenvalue weighted by atomic mass is 31.2. The van der Waals surface area contributed by atoms with Crippen LogP contribution in [0.2, 0.25) is 0 Å². The van der Waals surface area contributed by atoms with Crippen LogP contribution in [0.5, 0.6) is 0 Å². The molecule has 15 aromatic rings. The predicted molar refractivity (Wildman–Crippen MR) is 555 cm³/mol. The Labute approximate surface area is 857 Å². The van der Waals surface area contributed by atoms with Crippen LogP contribution in [-0.4, -0.2) is 253 Å². The number of rotatable bonds is 32. The molecule has 2 amide bonds. The van der Waals surface area contributed by atoms with Crippen molar-refractivity contribution in [2.24, 2.45) is 0 Å². The van der Waals surface area contributed by atoms with Gasteiger partial charge in [-0.2, -0.15) is 0 Å². The molecule has 149 heavy (non-hydrogen) atoms. The number of ether oxygens (including phenoxy) is 6. The number of amides is 2. The summed E-state index contributed by atoms with van der Waals surface area (Å²) in [5, 5.41) is 16.2. The molecular weight excluding hydrogens is 1940 g/mol. The second-order valence-electron chi connectivity index (χ2n) is 37.2. The van der Waals surface area contributed by atoms with Crippen LogP contribution in [0.3, 0.4) is 0 Å². The van der Waals surface area contributed by atoms with E-state index >= 15 is 9.13 Å². The zero-order valence-corrected chi connectivity index (χ0v) is 85.2. The van der Waals surface area contributed by atoms with Gasteiger partial charge in [0.2, 0.25) is 0 Å². The molecule has 4 fully saturated rings. The minimum absolute atomic E-state index is 0.0167. The maximum Gasteiger partial charge on any atom is 0.345 e. The van der Waals surface area contributed by atoms with E-state index in [-0.39, 0.29) is 92.6 Å². The van der Waals surface area contributed by atoms with Crippen LogP contribution in [0.1, 0.15) is 117 Å². The van der Waals surface area contributed by atoms with Gasteiger partial charge in [-0.25, -0.2) is 67.8 Å². The predicted octanol–water partition coefficient (Wildman–Crippen LogP) is 12.3. The van der Waals surface area contributed by atoms with E-state index in [0.717, 1.165) is 50.1 Å². The maximum absolute atomic E-state index is 15.9. The van der Waals surface area contributed by atoms with Gasteiger partial charge in [0.25, 0.3) is 22.9 Å². The molecule has 41 heteroatoms. The van der Waals surface area contributed by atoms with Gasteiger partial charge in [-0.3, -0.25) is 66.3 Å². The fraction of sp³-hybridized carbons (Fsp3) is 0.296. The molecule has 4 aliphatic rings. The van der Waals surface area contributed by atoms with Crippen LogP contribution in [0.25, 0.3) is 22.3 Å². The lowest BCUT2D eigenvalue weighted by molar-refractivity contribution is -0.163. The van der Waals surface area contributed by atoms with E-state index in [1.165, 1.54) is 50.4 Å².